The summed E-state index contributed by atoms with van der Waals surface area (Å²) in [6.45, 7) is 12.7. The van der Waals surface area contributed by atoms with Crippen molar-refractivity contribution in [2.24, 2.45) is 0 Å². The maximum Gasteiger partial charge on any atom is 0.186 e. The summed E-state index contributed by atoms with van der Waals surface area (Å²) in [7, 11) is 0. The van der Waals surface area contributed by atoms with Gasteiger partial charge >= 0.3 is 0 Å². The third kappa shape index (κ3) is 2.67. The Morgan fingerprint density at radius 1 is 0.950 bits per heavy atom. The van der Waals surface area contributed by atoms with E-state index in [4.69, 9.17) is 0 Å². The molecule has 1 aromatic rings. The fraction of sp³-hybridized carbons (Fsp3) is 0.474. The maximum absolute atomic E-state index is 13.0. The molecule has 1 aliphatic rings. The van der Waals surface area contributed by atoms with Crippen LogP contribution in [0.2, 0.25) is 0 Å². The van der Waals surface area contributed by atoms with Gasteiger partial charge in [0.15, 0.2) is 5.75 Å². The predicted molar refractivity (Wildman–Crippen MR) is 85.7 cm³/mol. The van der Waals surface area contributed by atoms with Crippen LogP contribution in [-0.2, 0) is 15.9 Å². The summed E-state index contributed by atoms with van der Waals surface area (Å²) in [5, 5.41) is 13.0. The molecule has 0 aliphatic heterocycles. The SMILES string of the molecule is CC(C)(C)c1ccc(C2=CC=CC2)c(C(C)(C)C)c1[O]. The highest BCUT2D eigenvalue weighted by atomic mass is 16.3. The zero-order valence-corrected chi connectivity index (χ0v) is 13.5. The molecule has 0 atom stereocenters. The van der Waals surface area contributed by atoms with Crippen molar-refractivity contribution in [1.29, 1.82) is 0 Å². The fourth-order valence-electron chi connectivity index (χ4n) is 2.83. The molecule has 107 valence electrons. The first kappa shape index (κ1) is 14.9. The molecule has 0 spiro atoms. The lowest BCUT2D eigenvalue weighted by Gasteiger charge is -2.28. The average molecular weight is 269 g/mol. The molecule has 1 aliphatic carbocycles. The highest BCUT2D eigenvalue weighted by molar-refractivity contribution is 5.76. The molecule has 0 aromatic heterocycles. The van der Waals surface area contributed by atoms with Gasteiger partial charge in [-0.3, -0.25) is 5.11 Å². The van der Waals surface area contributed by atoms with E-state index < -0.39 is 0 Å². The molecule has 0 saturated heterocycles. The van der Waals surface area contributed by atoms with Gasteiger partial charge in [0.25, 0.3) is 0 Å². The van der Waals surface area contributed by atoms with Crippen LogP contribution in [-0.4, -0.2) is 0 Å². The van der Waals surface area contributed by atoms with Crippen LogP contribution in [0, 0.1) is 0 Å². The van der Waals surface area contributed by atoms with Gasteiger partial charge in [-0.15, -0.1) is 0 Å². The van der Waals surface area contributed by atoms with E-state index in [9.17, 15) is 5.11 Å². The van der Waals surface area contributed by atoms with E-state index in [1.54, 1.807) is 0 Å². The third-order valence-corrected chi connectivity index (χ3v) is 3.83. The van der Waals surface area contributed by atoms with Crippen molar-refractivity contribution in [3.63, 3.8) is 0 Å². The Morgan fingerprint density at radius 3 is 2.05 bits per heavy atom. The quantitative estimate of drug-likeness (QED) is 0.617. The van der Waals surface area contributed by atoms with Crippen LogP contribution < -0.4 is 0 Å². The molecule has 0 fully saturated rings. The summed E-state index contributed by atoms with van der Waals surface area (Å²) in [6.07, 6.45) is 7.27. The van der Waals surface area contributed by atoms with Crippen molar-refractivity contribution in [3.05, 3.63) is 47.1 Å². The first-order valence-corrected chi connectivity index (χ1v) is 7.33. The summed E-state index contributed by atoms with van der Waals surface area (Å²) in [5.74, 6) is 0.218. The van der Waals surface area contributed by atoms with E-state index >= 15 is 0 Å². The lowest BCUT2D eigenvalue weighted by molar-refractivity contribution is 0.327. The zero-order valence-electron chi connectivity index (χ0n) is 13.5. The van der Waals surface area contributed by atoms with E-state index in [-0.39, 0.29) is 16.6 Å². The Kier molecular flexibility index (Phi) is 3.58. The van der Waals surface area contributed by atoms with Crippen LogP contribution in [0.5, 0.6) is 5.75 Å². The first-order valence-electron chi connectivity index (χ1n) is 7.33. The van der Waals surface area contributed by atoms with Crippen molar-refractivity contribution >= 4 is 5.57 Å². The molecule has 0 heterocycles. The smallest absolute Gasteiger partial charge is 0.186 e. The van der Waals surface area contributed by atoms with Gasteiger partial charge in [-0.25, -0.2) is 0 Å². The minimum absolute atomic E-state index is 0.113. The van der Waals surface area contributed by atoms with Crippen LogP contribution in [0.25, 0.3) is 5.57 Å². The van der Waals surface area contributed by atoms with Gasteiger partial charge in [-0.05, 0) is 28.4 Å². The fourth-order valence-corrected chi connectivity index (χ4v) is 2.83. The van der Waals surface area contributed by atoms with Gasteiger partial charge < -0.3 is 0 Å². The van der Waals surface area contributed by atoms with Crippen LogP contribution in [0.15, 0.2) is 30.4 Å². The molecule has 1 aromatic carbocycles. The second-order valence-electron chi connectivity index (χ2n) is 7.69. The molecule has 0 amide bonds. The second kappa shape index (κ2) is 4.80. The molecule has 1 radical (unpaired) electrons. The van der Waals surface area contributed by atoms with E-state index in [0.29, 0.717) is 0 Å². The van der Waals surface area contributed by atoms with Gasteiger partial charge in [0, 0.05) is 11.1 Å². The topological polar surface area (TPSA) is 19.9 Å². The number of benzene rings is 1. The normalized spacial score (nSPS) is 15.6. The molecule has 2 rings (SSSR count). The first-order chi connectivity index (χ1) is 9.12. The highest BCUT2D eigenvalue weighted by Gasteiger charge is 2.30. The Bertz CT molecular complexity index is 575. The lowest BCUT2D eigenvalue weighted by atomic mass is 9.76. The van der Waals surface area contributed by atoms with E-state index in [1.165, 1.54) is 5.57 Å². The van der Waals surface area contributed by atoms with Crippen molar-refractivity contribution < 1.29 is 5.11 Å². The molecule has 1 heteroatoms. The van der Waals surface area contributed by atoms with Crippen LogP contribution in [0.1, 0.15) is 64.7 Å². The van der Waals surface area contributed by atoms with Gasteiger partial charge in [-0.1, -0.05) is 71.9 Å². The monoisotopic (exact) mass is 269 g/mol. The molecular formula is C19H25O. The molecule has 0 saturated carbocycles. The van der Waals surface area contributed by atoms with Crippen LogP contribution >= 0.6 is 0 Å². The molecule has 20 heavy (non-hydrogen) atoms. The van der Waals surface area contributed by atoms with Crippen molar-refractivity contribution in [2.75, 3.05) is 0 Å². The predicted octanol–water partition coefficient (Wildman–Crippen LogP) is 5.77. The lowest BCUT2D eigenvalue weighted by Crippen LogP contribution is -2.18. The van der Waals surface area contributed by atoms with Crippen molar-refractivity contribution in [3.8, 4) is 5.75 Å². The van der Waals surface area contributed by atoms with Gasteiger partial charge in [0.05, 0.1) is 0 Å². The van der Waals surface area contributed by atoms with Crippen molar-refractivity contribution in [1.82, 2.24) is 0 Å². The second-order valence-corrected chi connectivity index (χ2v) is 7.69. The Labute approximate surface area is 123 Å². The molecular weight excluding hydrogens is 244 g/mol. The highest BCUT2D eigenvalue weighted by Crippen LogP contribution is 2.44. The minimum atomic E-state index is -0.142. The third-order valence-electron chi connectivity index (χ3n) is 3.83. The average Bonchev–Trinajstić information content (AvgIpc) is 2.77. The van der Waals surface area contributed by atoms with E-state index in [0.717, 1.165) is 23.1 Å². The maximum atomic E-state index is 13.0. The Morgan fingerprint density at radius 2 is 1.60 bits per heavy atom. The van der Waals surface area contributed by atoms with Gasteiger partial charge in [0.2, 0.25) is 0 Å². The van der Waals surface area contributed by atoms with Gasteiger partial charge in [0.1, 0.15) is 0 Å². The largest absolute Gasteiger partial charge is 0.289 e. The number of rotatable bonds is 1. The summed E-state index contributed by atoms with van der Waals surface area (Å²) in [5.41, 5.74) is 4.00. The summed E-state index contributed by atoms with van der Waals surface area (Å²) < 4.78 is 0. The van der Waals surface area contributed by atoms with E-state index in [1.807, 2.05) is 6.07 Å². The van der Waals surface area contributed by atoms with Crippen LogP contribution in [0.3, 0.4) is 0 Å². The number of hydrogen-bond donors (Lipinski definition) is 0. The number of hydrogen-bond acceptors (Lipinski definition) is 0. The molecule has 0 unspecified atom stereocenters. The van der Waals surface area contributed by atoms with Crippen LogP contribution in [0.4, 0.5) is 0 Å². The molecule has 0 N–H and O–H groups in total. The minimum Gasteiger partial charge on any atom is -0.289 e. The van der Waals surface area contributed by atoms with Crippen molar-refractivity contribution in [2.45, 2.75) is 58.8 Å². The standard InChI is InChI=1S/C19H25O/c1-18(2,3)15-12-11-14(13-9-7-8-10-13)16(17(15)20)19(4,5)6/h7-9,11-12H,10H2,1-6H3. The molecule has 0 bridgehead atoms. The summed E-state index contributed by atoms with van der Waals surface area (Å²) in [4.78, 5) is 0. The van der Waals surface area contributed by atoms with E-state index in [2.05, 4.69) is 65.8 Å². The van der Waals surface area contributed by atoms with Gasteiger partial charge in [-0.2, -0.15) is 0 Å². The summed E-state index contributed by atoms with van der Waals surface area (Å²) >= 11 is 0. The molecule has 1 nitrogen and oxygen atoms in total. The summed E-state index contributed by atoms with van der Waals surface area (Å²) in [6, 6.07) is 4.16. The zero-order chi connectivity index (χ0) is 15.1. The number of allylic oxidation sites excluding steroid dienone is 4. The Hall–Kier alpha value is -1.50. The Balaban J connectivity index is 2.69.